The predicted octanol–water partition coefficient (Wildman–Crippen LogP) is -0.236. The van der Waals surface area contributed by atoms with E-state index in [1.807, 2.05) is 0 Å². The highest BCUT2D eigenvalue weighted by Crippen LogP contribution is 2.14. The Bertz CT molecular complexity index is 443. The first kappa shape index (κ1) is 14.0. The Morgan fingerprint density at radius 1 is 1.58 bits per heavy atom. The molecule has 0 bridgehead atoms. The minimum absolute atomic E-state index is 0.356. The van der Waals surface area contributed by atoms with Crippen LogP contribution in [0.15, 0.2) is 6.33 Å². The maximum Gasteiger partial charge on any atom is 0.325 e. The van der Waals surface area contributed by atoms with Gasteiger partial charge in [0.1, 0.15) is 17.7 Å². The van der Waals surface area contributed by atoms with Gasteiger partial charge < -0.3 is 15.0 Å². The number of esters is 1. The second-order valence-corrected chi connectivity index (χ2v) is 5.23. The number of nitrogens with zero attached hydrogens (tertiary/aromatic N) is 4. The van der Waals surface area contributed by atoms with E-state index in [-0.39, 0.29) is 5.97 Å². The van der Waals surface area contributed by atoms with Crippen molar-refractivity contribution in [2.75, 3.05) is 20.2 Å². The zero-order valence-electron chi connectivity index (χ0n) is 11.5. The third kappa shape index (κ3) is 3.30. The molecule has 0 saturated carbocycles. The molecule has 7 heteroatoms. The quantitative estimate of drug-likeness (QED) is 0.741. The molecular formula is C12H21N5O2. The fraction of sp³-hybridized carbons (Fsp3) is 0.750. The molecule has 0 amide bonds. The summed E-state index contributed by atoms with van der Waals surface area (Å²) in [5, 5.41) is 7.97. The lowest BCUT2D eigenvalue weighted by Crippen LogP contribution is -2.46. The molecule has 0 radical (unpaired) electrons. The number of aromatic nitrogens is 3. The predicted molar refractivity (Wildman–Crippen MR) is 69.1 cm³/mol. The number of carbonyl (C=O) groups is 1. The maximum atomic E-state index is 11.5. The summed E-state index contributed by atoms with van der Waals surface area (Å²) >= 11 is 0. The zero-order valence-corrected chi connectivity index (χ0v) is 11.5. The van der Waals surface area contributed by atoms with E-state index in [4.69, 9.17) is 10.5 Å². The minimum atomic E-state index is -0.898. The van der Waals surface area contributed by atoms with Gasteiger partial charge in [-0.2, -0.15) is 0 Å². The first-order valence-corrected chi connectivity index (χ1v) is 6.49. The number of rotatable bonds is 5. The van der Waals surface area contributed by atoms with E-state index < -0.39 is 5.54 Å². The van der Waals surface area contributed by atoms with Crippen molar-refractivity contribution in [3.05, 3.63) is 12.2 Å². The van der Waals surface area contributed by atoms with Crippen molar-refractivity contribution >= 4 is 5.97 Å². The Balaban J connectivity index is 1.77. The molecule has 1 unspecified atom stereocenters. The third-order valence-corrected chi connectivity index (χ3v) is 3.54. The molecule has 0 aliphatic carbocycles. The summed E-state index contributed by atoms with van der Waals surface area (Å²) in [6, 6.07) is 0. The van der Waals surface area contributed by atoms with Gasteiger partial charge in [-0.05, 0) is 26.3 Å². The molecule has 2 heterocycles. The summed E-state index contributed by atoms with van der Waals surface area (Å²) in [4.78, 5) is 13.8. The Hall–Kier alpha value is -1.47. The molecule has 2 N–H and O–H groups in total. The topological polar surface area (TPSA) is 86.3 Å². The highest BCUT2D eigenvalue weighted by molar-refractivity contribution is 5.79. The maximum absolute atomic E-state index is 11.5. The third-order valence-electron chi connectivity index (χ3n) is 3.54. The van der Waals surface area contributed by atoms with Gasteiger partial charge in [-0.25, -0.2) is 0 Å². The molecule has 0 spiro atoms. The summed E-state index contributed by atoms with van der Waals surface area (Å²) in [6.45, 7) is 5.31. The number of hydrogen-bond acceptors (Lipinski definition) is 6. The van der Waals surface area contributed by atoms with Crippen LogP contribution in [0.5, 0.6) is 0 Å². The van der Waals surface area contributed by atoms with Gasteiger partial charge >= 0.3 is 5.97 Å². The van der Waals surface area contributed by atoms with E-state index in [9.17, 15) is 4.79 Å². The van der Waals surface area contributed by atoms with Crippen molar-refractivity contribution in [2.45, 2.75) is 38.4 Å². The summed E-state index contributed by atoms with van der Waals surface area (Å²) in [6.07, 6.45) is 3.24. The number of fused-ring (bicyclic) bond motifs is 1. The van der Waals surface area contributed by atoms with Crippen LogP contribution in [-0.2, 0) is 22.6 Å². The highest BCUT2D eigenvalue weighted by Gasteiger charge is 2.29. The number of carbonyl (C=O) groups excluding carboxylic acids is 1. The molecule has 106 valence electrons. The van der Waals surface area contributed by atoms with Gasteiger partial charge in [0.25, 0.3) is 0 Å². The van der Waals surface area contributed by atoms with Crippen molar-refractivity contribution in [1.29, 1.82) is 0 Å². The first-order chi connectivity index (χ1) is 9.03. The van der Waals surface area contributed by atoms with Crippen LogP contribution >= 0.6 is 0 Å². The van der Waals surface area contributed by atoms with Gasteiger partial charge in [0.2, 0.25) is 0 Å². The molecule has 2 rings (SSSR count). The lowest BCUT2D eigenvalue weighted by atomic mass is 9.97. The van der Waals surface area contributed by atoms with Crippen LogP contribution in [0, 0.1) is 0 Å². The first-order valence-electron chi connectivity index (χ1n) is 6.49. The molecule has 1 aliphatic rings. The summed E-state index contributed by atoms with van der Waals surface area (Å²) in [7, 11) is 1.37. The van der Waals surface area contributed by atoms with Crippen molar-refractivity contribution in [3.8, 4) is 0 Å². The highest BCUT2D eigenvalue weighted by atomic mass is 16.5. The van der Waals surface area contributed by atoms with Gasteiger partial charge in [-0.1, -0.05) is 0 Å². The molecular weight excluding hydrogens is 246 g/mol. The Morgan fingerprint density at radius 3 is 3.11 bits per heavy atom. The van der Waals surface area contributed by atoms with Gasteiger partial charge in [0.15, 0.2) is 0 Å². The van der Waals surface area contributed by atoms with Crippen molar-refractivity contribution in [2.24, 2.45) is 5.73 Å². The normalized spacial score (nSPS) is 18.7. The van der Waals surface area contributed by atoms with Crippen LogP contribution in [0.3, 0.4) is 0 Å². The number of methoxy groups -OCH3 is 1. The lowest BCUT2D eigenvalue weighted by Gasteiger charge is -2.28. The second kappa shape index (κ2) is 5.66. The SMILES string of the molecule is COC(=O)C(C)(N)CCCN1CCn2cnnc2C1. The van der Waals surface area contributed by atoms with Crippen LogP contribution in [0.4, 0.5) is 0 Å². The zero-order chi connectivity index (χ0) is 13.9. The summed E-state index contributed by atoms with van der Waals surface area (Å²) in [5.41, 5.74) is 5.03. The van der Waals surface area contributed by atoms with E-state index in [0.29, 0.717) is 6.42 Å². The average Bonchev–Trinajstić information content (AvgIpc) is 2.84. The van der Waals surface area contributed by atoms with Gasteiger partial charge in [0.05, 0.1) is 13.7 Å². The molecule has 7 nitrogen and oxygen atoms in total. The van der Waals surface area contributed by atoms with E-state index in [1.165, 1.54) is 7.11 Å². The van der Waals surface area contributed by atoms with Crippen LogP contribution in [0.2, 0.25) is 0 Å². The Labute approximate surface area is 112 Å². The van der Waals surface area contributed by atoms with Gasteiger partial charge in [-0.3, -0.25) is 9.69 Å². The van der Waals surface area contributed by atoms with Crippen LogP contribution in [-0.4, -0.2) is 51.4 Å². The van der Waals surface area contributed by atoms with Crippen molar-refractivity contribution < 1.29 is 9.53 Å². The Kier molecular flexibility index (Phi) is 4.16. The number of hydrogen-bond donors (Lipinski definition) is 1. The smallest absolute Gasteiger partial charge is 0.325 e. The van der Waals surface area contributed by atoms with E-state index in [0.717, 1.165) is 38.4 Å². The summed E-state index contributed by atoms with van der Waals surface area (Å²) < 4.78 is 6.76. The molecule has 0 aromatic carbocycles. The molecule has 1 aliphatic heterocycles. The molecule has 1 aromatic rings. The minimum Gasteiger partial charge on any atom is -0.468 e. The van der Waals surface area contributed by atoms with Crippen LogP contribution in [0.25, 0.3) is 0 Å². The second-order valence-electron chi connectivity index (χ2n) is 5.23. The summed E-state index contributed by atoms with van der Waals surface area (Å²) in [5.74, 6) is 0.639. The van der Waals surface area contributed by atoms with Crippen molar-refractivity contribution in [3.63, 3.8) is 0 Å². The van der Waals surface area contributed by atoms with E-state index >= 15 is 0 Å². The van der Waals surface area contributed by atoms with Gasteiger partial charge in [-0.15, -0.1) is 10.2 Å². The van der Waals surface area contributed by atoms with Crippen LogP contribution in [0.1, 0.15) is 25.6 Å². The van der Waals surface area contributed by atoms with Crippen LogP contribution < -0.4 is 5.73 Å². The lowest BCUT2D eigenvalue weighted by molar-refractivity contribution is -0.146. The van der Waals surface area contributed by atoms with Gasteiger partial charge in [0, 0.05) is 13.1 Å². The molecule has 1 atom stereocenters. The van der Waals surface area contributed by atoms with E-state index in [1.54, 1.807) is 13.3 Å². The standard InChI is InChI=1S/C12H21N5O2/c1-12(13,11(18)19-2)4-3-5-16-6-7-17-9-14-15-10(17)8-16/h9H,3-8,13H2,1-2H3. The molecule has 1 aromatic heterocycles. The average molecular weight is 267 g/mol. The fourth-order valence-electron chi connectivity index (χ4n) is 2.31. The van der Waals surface area contributed by atoms with Crippen molar-refractivity contribution in [1.82, 2.24) is 19.7 Å². The molecule has 0 fully saturated rings. The monoisotopic (exact) mass is 267 g/mol. The number of nitrogens with two attached hydrogens (primary N) is 1. The Morgan fingerprint density at radius 2 is 2.37 bits per heavy atom. The largest absolute Gasteiger partial charge is 0.468 e. The molecule has 19 heavy (non-hydrogen) atoms. The fourth-order valence-corrected chi connectivity index (χ4v) is 2.31. The number of ether oxygens (including phenoxy) is 1. The molecule has 0 saturated heterocycles. The van der Waals surface area contributed by atoms with E-state index in [2.05, 4.69) is 19.7 Å².